The van der Waals surface area contributed by atoms with Gasteiger partial charge in [0.1, 0.15) is 5.82 Å². The van der Waals surface area contributed by atoms with Crippen LogP contribution in [0.5, 0.6) is 0 Å². The molecule has 1 saturated heterocycles. The van der Waals surface area contributed by atoms with Gasteiger partial charge in [-0.25, -0.2) is 4.98 Å². The molecule has 0 spiro atoms. The molecule has 1 amide bonds. The summed E-state index contributed by atoms with van der Waals surface area (Å²) >= 11 is 1.95. The van der Waals surface area contributed by atoms with Gasteiger partial charge in [-0.15, -0.1) is 24.0 Å². The molecule has 3 rings (SSSR count). The summed E-state index contributed by atoms with van der Waals surface area (Å²) in [5, 5.41) is 6.94. The van der Waals surface area contributed by atoms with Crippen LogP contribution in [0.1, 0.15) is 45.4 Å². The second-order valence-electron chi connectivity index (χ2n) is 8.45. The lowest BCUT2D eigenvalue weighted by molar-refractivity contribution is -0.136. The highest BCUT2D eigenvalue weighted by molar-refractivity contribution is 14.0. The van der Waals surface area contributed by atoms with Crippen LogP contribution in [-0.2, 0) is 17.9 Å². The van der Waals surface area contributed by atoms with Gasteiger partial charge in [0.15, 0.2) is 5.96 Å². The van der Waals surface area contributed by atoms with Crippen LogP contribution >= 0.6 is 35.7 Å². The molecule has 30 heavy (non-hydrogen) atoms. The highest BCUT2D eigenvalue weighted by Gasteiger charge is 2.30. The molecule has 2 fully saturated rings. The van der Waals surface area contributed by atoms with Gasteiger partial charge < -0.3 is 20.1 Å². The second kappa shape index (κ2) is 12.8. The van der Waals surface area contributed by atoms with E-state index in [1.54, 1.807) is 7.05 Å². The molecule has 1 aromatic rings. The lowest BCUT2D eigenvalue weighted by atomic mass is 9.85. The lowest BCUT2D eigenvalue weighted by Gasteiger charge is -2.34. The lowest BCUT2D eigenvalue weighted by Crippen LogP contribution is -2.47. The van der Waals surface area contributed by atoms with E-state index in [0.29, 0.717) is 24.4 Å². The Morgan fingerprint density at radius 3 is 2.60 bits per heavy atom. The third kappa shape index (κ3) is 7.32. The van der Waals surface area contributed by atoms with Crippen molar-refractivity contribution in [3.8, 4) is 0 Å². The number of amides is 1. The fourth-order valence-corrected chi connectivity index (χ4v) is 5.05. The molecule has 7 nitrogen and oxygen atoms in total. The van der Waals surface area contributed by atoms with Crippen molar-refractivity contribution in [2.45, 2.75) is 58.7 Å². The summed E-state index contributed by atoms with van der Waals surface area (Å²) in [6.45, 7) is 7.89. The summed E-state index contributed by atoms with van der Waals surface area (Å²) in [6.07, 6.45) is 7.86. The Hall–Kier alpha value is -0.970. The van der Waals surface area contributed by atoms with E-state index < -0.39 is 0 Å². The van der Waals surface area contributed by atoms with Gasteiger partial charge in [0.05, 0.1) is 6.54 Å². The Kier molecular flexibility index (Phi) is 10.8. The minimum atomic E-state index is 0. The number of rotatable bonds is 6. The number of halogens is 1. The molecule has 0 unspecified atom stereocenters. The van der Waals surface area contributed by atoms with Crippen LogP contribution in [0.25, 0.3) is 0 Å². The average Bonchev–Trinajstić information content (AvgIpc) is 3.18. The number of guanidine groups is 1. The summed E-state index contributed by atoms with van der Waals surface area (Å²) in [6, 6.07) is 0.373. The highest BCUT2D eigenvalue weighted by atomic mass is 127. The van der Waals surface area contributed by atoms with Crippen molar-refractivity contribution in [3.63, 3.8) is 0 Å². The number of carbonyl (C=O) groups excluding carboxylic acids is 1. The molecule has 2 N–H and O–H groups in total. The number of thioether (sulfide) groups is 1. The molecule has 2 heterocycles. The van der Waals surface area contributed by atoms with Gasteiger partial charge >= 0.3 is 0 Å². The number of carbonyl (C=O) groups is 1. The molecule has 0 bridgehead atoms. The normalized spacial score (nSPS) is 22.5. The number of imidazole rings is 1. The molecular formula is C21H37IN6OS. The maximum atomic E-state index is 12.7. The molecule has 0 atom stereocenters. The maximum Gasteiger partial charge on any atom is 0.225 e. The van der Waals surface area contributed by atoms with Gasteiger partial charge in [0, 0.05) is 62.5 Å². The molecule has 2 aliphatic rings. The molecule has 9 heteroatoms. The van der Waals surface area contributed by atoms with Crippen LogP contribution < -0.4 is 10.6 Å². The Bertz CT molecular complexity index is 681. The Labute approximate surface area is 202 Å². The van der Waals surface area contributed by atoms with E-state index >= 15 is 0 Å². The van der Waals surface area contributed by atoms with Crippen molar-refractivity contribution in [3.05, 3.63) is 18.2 Å². The monoisotopic (exact) mass is 548 g/mol. The molecule has 0 aromatic carbocycles. The summed E-state index contributed by atoms with van der Waals surface area (Å²) in [4.78, 5) is 23.7. The zero-order chi connectivity index (χ0) is 20.6. The Morgan fingerprint density at radius 1 is 1.27 bits per heavy atom. The zero-order valence-corrected chi connectivity index (χ0v) is 21.6. The third-order valence-electron chi connectivity index (χ3n) is 5.74. The summed E-state index contributed by atoms with van der Waals surface area (Å²) in [5.74, 6) is 5.17. The molecule has 1 saturated carbocycles. The van der Waals surface area contributed by atoms with Gasteiger partial charge in [-0.05, 0) is 31.6 Å². The van der Waals surface area contributed by atoms with Crippen LogP contribution in [0.3, 0.4) is 0 Å². The predicted molar refractivity (Wildman–Crippen MR) is 135 cm³/mol. The van der Waals surface area contributed by atoms with Crippen molar-refractivity contribution < 1.29 is 4.79 Å². The fraction of sp³-hybridized carbons (Fsp3) is 0.762. The molecule has 0 radical (unpaired) electrons. The van der Waals surface area contributed by atoms with Crippen molar-refractivity contribution in [2.75, 3.05) is 31.6 Å². The molecular weight excluding hydrogens is 511 g/mol. The van der Waals surface area contributed by atoms with Gasteiger partial charge in [-0.3, -0.25) is 9.79 Å². The van der Waals surface area contributed by atoms with Crippen molar-refractivity contribution in [2.24, 2.45) is 16.8 Å². The number of nitrogens with zero attached hydrogens (tertiary/aromatic N) is 4. The standard InChI is InChI=1S/C21H36N6OS.HI/c1-16(2)15-27-9-8-23-19(27)14-24-21(22-3)25-18-6-4-17(5-7-18)20(28)26-10-12-29-13-11-26;/h8-9,16-18H,4-7,10-15H2,1-3H3,(H2,22,24,25);1H. The molecule has 1 aliphatic heterocycles. The van der Waals surface area contributed by atoms with E-state index in [1.807, 2.05) is 24.2 Å². The largest absolute Gasteiger partial charge is 0.354 e. The topological polar surface area (TPSA) is 74.5 Å². The van der Waals surface area contributed by atoms with E-state index in [9.17, 15) is 4.79 Å². The molecule has 1 aliphatic carbocycles. The first-order chi connectivity index (χ1) is 14.1. The average molecular weight is 549 g/mol. The van der Waals surface area contributed by atoms with E-state index in [4.69, 9.17) is 0 Å². The van der Waals surface area contributed by atoms with E-state index in [1.165, 1.54) is 0 Å². The Morgan fingerprint density at radius 2 is 1.97 bits per heavy atom. The van der Waals surface area contributed by atoms with Crippen molar-refractivity contribution in [1.29, 1.82) is 0 Å². The quantitative estimate of drug-likeness (QED) is 0.325. The van der Waals surface area contributed by atoms with Crippen LogP contribution in [0.4, 0.5) is 0 Å². The van der Waals surface area contributed by atoms with Crippen molar-refractivity contribution >= 4 is 47.6 Å². The number of hydrogen-bond donors (Lipinski definition) is 2. The van der Waals surface area contributed by atoms with Crippen LogP contribution in [-0.4, -0.2) is 64.0 Å². The van der Waals surface area contributed by atoms with Gasteiger partial charge in [-0.1, -0.05) is 13.8 Å². The number of hydrogen-bond acceptors (Lipinski definition) is 4. The third-order valence-corrected chi connectivity index (χ3v) is 6.68. The van der Waals surface area contributed by atoms with Crippen molar-refractivity contribution in [1.82, 2.24) is 25.1 Å². The van der Waals surface area contributed by atoms with Crippen LogP contribution in [0.15, 0.2) is 17.4 Å². The SMILES string of the molecule is CN=C(NCc1nccn1CC(C)C)NC1CCC(C(=O)N2CCSCC2)CC1.I. The highest BCUT2D eigenvalue weighted by Crippen LogP contribution is 2.27. The van der Waals surface area contributed by atoms with Crippen LogP contribution in [0, 0.1) is 11.8 Å². The molecule has 170 valence electrons. The van der Waals surface area contributed by atoms with E-state index in [0.717, 1.165) is 68.6 Å². The molecule has 1 aromatic heterocycles. The summed E-state index contributed by atoms with van der Waals surface area (Å²) in [7, 11) is 1.81. The van der Waals surface area contributed by atoms with E-state index in [-0.39, 0.29) is 29.9 Å². The first-order valence-corrected chi connectivity index (χ1v) is 12.1. The van der Waals surface area contributed by atoms with Gasteiger partial charge in [0.2, 0.25) is 5.91 Å². The predicted octanol–water partition coefficient (Wildman–Crippen LogP) is 2.96. The number of nitrogens with one attached hydrogen (secondary N) is 2. The second-order valence-corrected chi connectivity index (χ2v) is 9.67. The smallest absolute Gasteiger partial charge is 0.225 e. The summed E-state index contributed by atoms with van der Waals surface area (Å²) < 4.78 is 2.20. The van der Waals surface area contributed by atoms with E-state index in [2.05, 4.69) is 43.9 Å². The first kappa shape index (κ1) is 25.3. The Balaban J connectivity index is 0.00000320. The first-order valence-electron chi connectivity index (χ1n) is 10.9. The minimum absolute atomic E-state index is 0. The zero-order valence-electron chi connectivity index (χ0n) is 18.5. The maximum absolute atomic E-state index is 12.7. The number of aromatic nitrogens is 2. The van der Waals surface area contributed by atoms with Gasteiger partial charge in [0.25, 0.3) is 0 Å². The van der Waals surface area contributed by atoms with Gasteiger partial charge in [-0.2, -0.15) is 11.8 Å². The summed E-state index contributed by atoms with van der Waals surface area (Å²) in [5.41, 5.74) is 0. The fourth-order valence-electron chi connectivity index (χ4n) is 4.14. The van der Waals surface area contributed by atoms with Crippen LogP contribution in [0.2, 0.25) is 0 Å². The minimum Gasteiger partial charge on any atom is -0.354 e. The number of aliphatic imine (C=N–C) groups is 1.